The lowest BCUT2D eigenvalue weighted by atomic mass is 9.96. The summed E-state index contributed by atoms with van der Waals surface area (Å²) >= 11 is 3.34. The molecule has 0 saturated heterocycles. The van der Waals surface area contributed by atoms with Crippen molar-refractivity contribution in [2.24, 2.45) is 0 Å². The van der Waals surface area contributed by atoms with Gasteiger partial charge in [-0.25, -0.2) is 0 Å². The Hall–Kier alpha value is -1.00. The van der Waals surface area contributed by atoms with Gasteiger partial charge in [-0.1, -0.05) is 0 Å². The zero-order chi connectivity index (χ0) is 14.3. The molecule has 1 N–H and O–H groups in total. The number of aryl methyl sites for hydroxylation is 2. The Morgan fingerprint density at radius 2 is 2.05 bits per heavy atom. The van der Waals surface area contributed by atoms with Gasteiger partial charge in [-0.15, -0.1) is 23.1 Å². The topological polar surface area (TPSA) is 37.3 Å². The summed E-state index contributed by atoms with van der Waals surface area (Å²) in [5.74, 6) is -0.769. The molecule has 1 aliphatic carbocycles. The Bertz CT molecular complexity index is 670. The Kier molecular flexibility index (Phi) is 3.55. The van der Waals surface area contributed by atoms with Crippen molar-refractivity contribution in [3.8, 4) is 0 Å². The highest BCUT2D eigenvalue weighted by molar-refractivity contribution is 8.01. The van der Waals surface area contributed by atoms with E-state index in [1.54, 1.807) is 13.8 Å². The first kappa shape index (κ1) is 14.0. The number of carboxylic acid groups (broad SMARTS) is 1. The molecule has 2 nitrogen and oxygen atoms in total. The van der Waals surface area contributed by atoms with Gasteiger partial charge in [-0.2, -0.15) is 0 Å². The van der Waals surface area contributed by atoms with Crippen LogP contribution in [0.4, 0.5) is 0 Å². The third-order valence-corrected chi connectivity index (χ3v) is 6.26. The lowest BCUT2D eigenvalue weighted by Crippen LogP contribution is -2.26. The molecule has 2 aromatic rings. The number of fused-ring (bicyclic) bond motifs is 3. The van der Waals surface area contributed by atoms with Crippen LogP contribution in [0.15, 0.2) is 23.1 Å². The van der Waals surface area contributed by atoms with Crippen LogP contribution in [0.25, 0.3) is 10.1 Å². The number of aliphatic carboxylic acids is 1. The third-order valence-electron chi connectivity index (χ3n) is 3.81. The number of carboxylic acids is 1. The first-order chi connectivity index (χ1) is 9.47. The fraction of sp³-hybridized carbons (Fsp3) is 0.438. The van der Waals surface area contributed by atoms with Crippen LogP contribution in [-0.4, -0.2) is 15.8 Å². The van der Waals surface area contributed by atoms with Crippen LogP contribution in [0.1, 0.15) is 37.1 Å². The van der Waals surface area contributed by atoms with Gasteiger partial charge in [0.2, 0.25) is 0 Å². The Labute approximate surface area is 127 Å². The molecule has 4 heteroatoms. The molecule has 0 bridgehead atoms. The molecule has 1 heterocycles. The monoisotopic (exact) mass is 306 g/mol. The van der Waals surface area contributed by atoms with Gasteiger partial charge >= 0.3 is 5.97 Å². The lowest BCUT2D eigenvalue weighted by molar-refractivity contribution is -0.138. The highest BCUT2D eigenvalue weighted by atomic mass is 32.2. The summed E-state index contributed by atoms with van der Waals surface area (Å²) in [7, 11) is 0. The van der Waals surface area contributed by atoms with E-state index >= 15 is 0 Å². The zero-order valence-corrected chi connectivity index (χ0v) is 13.4. The first-order valence-electron chi connectivity index (χ1n) is 6.94. The maximum atomic E-state index is 11.3. The zero-order valence-electron chi connectivity index (χ0n) is 11.7. The van der Waals surface area contributed by atoms with Gasteiger partial charge < -0.3 is 5.11 Å². The van der Waals surface area contributed by atoms with E-state index in [2.05, 4.69) is 18.2 Å². The summed E-state index contributed by atoms with van der Waals surface area (Å²) < 4.78 is 0.554. The Morgan fingerprint density at radius 3 is 2.80 bits per heavy atom. The van der Waals surface area contributed by atoms with Crippen molar-refractivity contribution >= 4 is 39.2 Å². The second-order valence-corrected chi connectivity index (χ2v) is 8.62. The molecular formula is C16H18O2S2. The van der Waals surface area contributed by atoms with Crippen LogP contribution in [0.3, 0.4) is 0 Å². The van der Waals surface area contributed by atoms with Gasteiger partial charge in [0, 0.05) is 14.5 Å². The lowest BCUT2D eigenvalue weighted by Gasteiger charge is -2.18. The summed E-state index contributed by atoms with van der Waals surface area (Å²) in [6, 6.07) is 6.39. The second kappa shape index (κ2) is 5.08. The minimum Gasteiger partial charge on any atom is -0.480 e. The van der Waals surface area contributed by atoms with Gasteiger partial charge in [0.25, 0.3) is 0 Å². The molecular weight excluding hydrogens is 288 g/mol. The highest BCUT2D eigenvalue weighted by Gasteiger charge is 2.28. The maximum absolute atomic E-state index is 11.3. The van der Waals surface area contributed by atoms with Gasteiger partial charge in [0.15, 0.2) is 0 Å². The standard InChI is InChI=1S/C16H18O2S2/c1-16(2,15(17)18)20-10-7-8-14-12(9-10)11-5-3-4-6-13(11)19-14/h7-9H,3-6H2,1-2H3,(H,17,18). The largest absolute Gasteiger partial charge is 0.480 e. The van der Waals surface area contributed by atoms with E-state index in [0.29, 0.717) is 0 Å². The van der Waals surface area contributed by atoms with E-state index in [1.807, 2.05) is 11.3 Å². The van der Waals surface area contributed by atoms with Gasteiger partial charge in [0.05, 0.1) is 0 Å². The molecule has 1 aliphatic rings. The molecule has 0 aliphatic heterocycles. The molecule has 106 valence electrons. The summed E-state index contributed by atoms with van der Waals surface area (Å²) in [5, 5.41) is 10.6. The van der Waals surface area contributed by atoms with E-state index in [4.69, 9.17) is 0 Å². The van der Waals surface area contributed by atoms with Crippen molar-refractivity contribution in [2.45, 2.75) is 49.2 Å². The molecule has 0 spiro atoms. The van der Waals surface area contributed by atoms with Gasteiger partial charge in [0.1, 0.15) is 4.75 Å². The second-order valence-electron chi connectivity index (χ2n) is 5.79. The van der Waals surface area contributed by atoms with E-state index < -0.39 is 10.7 Å². The van der Waals surface area contributed by atoms with Crippen LogP contribution < -0.4 is 0 Å². The van der Waals surface area contributed by atoms with Crippen molar-refractivity contribution in [1.82, 2.24) is 0 Å². The molecule has 0 amide bonds. The van der Waals surface area contributed by atoms with E-state index in [1.165, 1.54) is 58.0 Å². The Balaban J connectivity index is 2.00. The number of carbonyl (C=O) groups is 1. The normalized spacial score (nSPS) is 15.3. The smallest absolute Gasteiger partial charge is 0.319 e. The average Bonchev–Trinajstić information content (AvgIpc) is 2.76. The SMILES string of the molecule is CC(C)(Sc1ccc2sc3c(c2c1)CCCC3)C(=O)O. The van der Waals surface area contributed by atoms with Gasteiger partial charge in [-0.3, -0.25) is 4.79 Å². The van der Waals surface area contributed by atoms with Crippen LogP contribution in [0, 0.1) is 0 Å². The number of benzene rings is 1. The molecule has 0 atom stereocenters. The van der Waals surface area contributed by atoms with E-state index in [0.717, 1.165) is 4.90 Å². The van der Waals surface area contributed by atoms with Crippen LogP contribution in [0.5, 0.6) is 0 Å². The van der Waals surface area contributed by atoms with E-state index in [-0.39, 0.29) is 0 Å². The molecule has 20 heavy (non-hydrogen) atoms. The average molecular weight is 306 g/mol. The van der Waals surface area contributed by atoms with Crippen LogP contribution >= 0.6 is 23.1 Å². The first-order valence-corrected chi connectivity index (χ1v) is 8.57. The van der Waals surface area contributed by atoms with Crippen molar-refractivity contribution in [1.29, 1.82) is 0 Å². The van der Waals surface area contributed by atoms with Crippen molar-refractivity contribution in [3.63, 3.8) is 0 Å². The number of thiophene rings is 1. The number of rotatable bonds is 3. The fourth-order valence-corrected chi connectivity index (χ4v) is 4.91. The summed E-state index contributed by atoms with van der Waals surface area (Å²) in [6.45, 7) is 3.51. The predicted octanol–water partition coefficient (Wildman–Crippen LogP) is 4.74. The summed E-state index contributed by atoms with van der Waals surface area (Å²) in [4.78, 5) is 13.8. The quantitative estimate of drug-likeness (QED) is 0.833. The number of hydrogen-bond donors (Lipinski definition) is 1. The molecule has 0 unspecified atom stereocenters. The molecule has 0 fully saturated rings. The van der Waals surface area contributed by atoms with Crippen LogP contribution in [0.2, 0.25) is 0 Å². The number of thioether (sulfide) groups is 1. The van der Waals surface area contributed by atoms with Crippen molar-refractivity contribution < 1.29 is 9.90 Å². The number of hydrogen-bond acceptors (Lipinski definition) is 3. The Morgan fingerprint density at radius 1 is 1.30 bits per heavy atom. The van der Waals surface area contributed by atoms with Crippen molar-refractivity contribution in [3.05, 3.63) is 28.6 Å². The minimum absolute atomic E-state index is 0.769. The molecule has 1 aromatic heterocycles. The molecule has 3 rings (SSSR count). The van der Waals surface area contributed by atoms with E-state index in [9.17, 15) is 9.90 Å². The molecule has 0 radical (unpaired) electrons. The van der Waals surface area contributed by atoms with Gasteiger partial charge in [-0.05, 0) is 68.7 Å². The van der Waals surface area contributed by atoms with Crippen molar-refractivity contribution in [2.75, 3.05) is 0 Å². The summed E-state index contributed by atoms with van der Waals surface area (Å²) in [6.07, 6.45) is 4.95. The highest BCUT2D eigenvalue weighted by Crippen LogP contribution is 2.40. The molecule has 0 saturated carbocycles. The predicted molar refractivity (Wildman–Crippen MR) is 86.0 cm³/mol. The fourth-order valence-electron chi connectivity index (χ4n) is 2.64. The molecule has 1 aromatic carbocycles. The van der Waals surface area contributed by atoms with Crippen LogP contribution in [-0.2, 0) is 17.6 Å². The minimum atomic E-state index is -0.788. The summed E-state index contributed by atoms with van der Waals surface area (Å²) in [5.41, 5.74) is 1.51. The third kappa shape index (κ3) is 2.47. The maximum Gasteiger partial charge on any atom is 0.319 e.